The van der Waals surface area contributed by atoms with Crippen LogP contribution < -0.4 is 10.2 Å². The highest BCUT2D eigenvalue weighted by Gasteiger charge is 2.30. The van der Waals surface area contributed by atoms with E-state index >= 15 is 0 Å². The summed E-state index contributed by atoms with van der Waals surface area (Å²) in [7, 11) is 0. The number of carbonyl (C=O) groups is 3. The maximum atomic E-state index is 13.7. The van der Waals surface area contributed by atoms with E-state index < -0.39 is 0 Å². The number of rotatable bonds is 7. The molecule has 0 spiro atoms. The SMILES string of the molecule is CCC(C(=O)N1CCN(c2ccc(NC(=O)C3CCCC3)cc2C(=O)N2CCCCC2)CC1)c1ccccc1. The zero-order chi connectivity index (χ0) is 27.2. The van der Waals surface area contributed by atoms with Crippen LogP contribution in [0.5, 0.6) is 0 Å². The van der Waals surface area contributed by atoms with Gasteiger partial charge >= 0.3 is 0 Å². The van der Waals surface area contributed by atoms with Gasteiger partial charge in [0, 0.05) is 56.6 Å². The van der Waals surface area contributed by atoms with Crippen LogP contribution >= 0.6 is 0 Å². The van der Waals surface area contributed by atoms with Gasteiger partial charge in [0.1, 0.15) is 0 Å². The van der Waals surface area contributed by atoms with Gasteiger partial charge in [-0.15, -0.1) is 0 Å². The van der Waals surface area contributed by atoms with Crippen LogP contribution in [0.15, 0.2) is 48.5 Å². The Morgan fingerprint density at radius 3 is 2.18 bits per heavy atom. The number of piperidine rings is 1. The van der Waals surface area contributed by atoms with Gasteiger partial charge in [0.05, 0.1) is 11.5 Å². The minimum atomic E-state index is -0.128. The Morgan fingerprint density at radius 2 is 1.51 bits per heavy atom. The van der Waals surface area contributed by atoms with E-state index in [2.05, 4.69) is 17.1 Å². The van der Waals surface area contributed by atoms with Gasteiger partial charge in [0.25, 0.3) is 5.91 Å². The highest BCUT2D eigenvalue weighted by Crippen LogP contribution is 2.31. The quantitative estimate of drug-likeness (QED) is 0.528. The molecule has 208 valence electrons. The third-order valence-corrected chi connectivity index (χ3v) is 8.70. The first kappa shape index (κ1) is 27.2. The van der Waals surface area contributed by atoms with Crippen LogP contribution in [0, 0.1) is 5.92 Å². The Balaban J connectivity index is 1.32. The Labute approximate surface area is 232 Å². The fraction of sp³-hybridized carbons (Fsp3) is 0.531. The lowest BCUT2D eigenvalue weighted by Gasteiger charge is -2.38. The predicted octanol–water partition coefficient (Wildman–Crippen LogP) is 5.28. The smallest absolute Gasteiger partial charge is 0.256 e. The number of anilines is 2. The summed E-state index contributed by atoms with van der Waals surface area (Å²) >= 11 is 0. The molecule has 39 heavy (non-hydrogen) atoms. The number of hydrogen-bond donors (Lipinski definition) is 1. The number of nitrogens with one attached hydrogen (secondary N) is 1. The number of likely N-dealkylation sites (tertiary alicyclic amines) is 1. The molecule has 1 N–H and O–H groups in total. The molecule has 2 aromatic carbocycles. The lowest BCUT2D eigenvalue weighted by atomic mass is 9.94. The Morgan fingerprint density at radius 1 is 0.821 bits per heavy atom. The monoisotopic (exact) mass is 530 g/mol. The second-order valence-electron chi connectivity index (χ2n) is 11.2. The van der Waals surface area contributed by atoms with E-state index in [0.29, 0.717) is 37.4 Å². The van der Waals surface area contributed by atoms with Crippen molar-refractivity contribution in [3.63, 3.8) is 0 Å². The van der Waals surface area contributed by atoms with Crippen molar-refractivity contribution in [3.8, 4) is 0 Å². The molecule has 3 amide bonds. The van der Waals surface area contributed by atoms with Gasteiger partial charge in [0.15, 0.2) is 0 Å². The van der Waals surface area contributed by atoms with Gasteiger partial charge in [-0.3, -0.25) is 14.4 Å². The third kappa shape index (κ3) is 6.29. The molecule has 2 aliphatic heterocycles. The van der Waals surface area contributed by atoms with Crippen LogP contribution in [0.3, 0.4) is 0 Å². The van der Waals surface area contributed by atoms with E-state index in [4.69, 9.17) is 0 Å². The number of amides is 3. The molecular formula is C32H42N4O3. The van der Waals surface area contributed by atoms with Crippen LogP contribution in [-0.2, 0) is 9.59 Å². The summed E-state index contributed by atoms with van der Waals surface area (Å²) in [5.74, 6) is 0.219. The lowest BCUT2D eigenvalue weighted by Crippen LogP contribution is -2.50. The molecule has 2 saturated heterocycles. The van der Waals surface area contributed by atoms with E-state index in [0.717, 1.165) is 75.7 Å². The summed E-state index contributed by atoms with van der Waals surface area (Å²) in [6.45, 7) is 6.21. The highest BCUT2D eigenvalue weighted by molar-refractivity contribution is 6.02. The molecule has 1 aliphatic carbocycles. The molecule has 0 radical (unpaired) electrons. The minimum absolute atomic E-state index is 0.0373. The van der Waals surface area contributed by atoms with E-state index in [1.54, 1.807) is 0 Å². The van der Waals surface area contributed by atoms with Gasteiger partial charge in [-0.1, -0.05) is 50.1 Å². The summed E-state index contributed by atoms with van der Waals surface area (Å²) in [5, 5.41) is 3.09. The van der Waals surface area contributed by atoms with E-state index in [9.17, 15) is 14.4 Å². The second-order valence-corrected chi connectivity index (χ2v) is 11.2. The minimum Gasteiger partial charge on any atom is -0.367 e. The summed E-state index contributed by atoms with van der Waals surface area (Å²) < 4.78 is 0. The molecule has 0 bridgehead atoms. The van der Waals surface area contributed by atoms with Crippen molar-refractivity contribution in [1.29, 1.82) is 0 Å². The van der Waals surface area contributed by atoms with Crippen molar-refractivity contribution >= 4 is 29.1 Å². The second kappa shape index (κ2) is 12.7. The Kier molecular flexibility index (Phi) is 8.84. The molecule has 5 rings (SSSR count). The first-order valence-electron chi connectivity index (χ1n) is 14.9. The summed E-state index contributed by atoms with van der Waals surface area (Å²) in [6.07, 6.45) is 8.08. The van der Waals surface area contributed by atoms with Crippen LogP contribution in [0.4, 0.5) is 11.4 Å². The maximum absolute atomic E-state index is 13.7. The summed E-state index contributed by atoms with van der Waals surface area (Å²) in [4.78, 5) is 46.1. The normalized spacial score (nSPS) is 19.2. The Bertz CT molecular complexity index is 1150. The van der Waals surface area contributed by atoms with Crippen molar-refractivity contribution in [2.45, 2.75) is 64.2 Å². The van der Waals surface area contributed by atoms with Gasteiger partial charge in [-0.2, -0.15) is 0 Å². The number of nitrogens with zero attached hydrogens (tertiary/aromatic N) is 3. The van der Waals surface area contributed by atoms with Crippen molar-refractivity contribution in [1.82, 2.24) is 9.80 Å². The van der Waals surface area contributed by atoms with E-state index in [1.165, 1.54) is 0 Å². The third-order valence-electron chi connectivity index (χ3n) is 8.70. The van der Waals surface area contributed by atoms with Crippen LogP contribution in [0.25, 0.3) is 0 Å². The molecule has 0 aromatic heterocycles. The molecular weight excluding hydrogens is 488 g/mol. The Hall–Kier alpha value is -3.35. The maximum Gasteiger partial charge on any atom is 0.256 e. The van der Waals surface area contributed by atoms with E-state index in [-0.39, 0.29) is 29.6 Å². The van der Waals surface area contributed by atoms with E-state index in [1.807, 2.05) is 58.3 Å². The predicted molar refractivity (Wildman–Crippen MR) is 155 cm³/mol. The fourth-order valence-corrected chi connectivity index (χ4v) is 6.39. The number of hydrogen-bond acceptors (Lipinski definition) is 4. The first-order valence-corrected chi connectivity index (χ1v) is 14.9. The molecule has 2 heterocycles. The highest BCUT2D eigenvalue weighted by atomic mass is 16.2. The molecule has 3 aliphatic rings. The topological polar surface area (TPSA) is 73.0 Å². The lowest BCUT2D eigenvalue weighted by molar-refractivity contribution is -0.133. The van der Waals surface area contributed by atoms with Crippen molar-refractivity contribution in [2.75, 3.05) is 49.5 Å². The average Bonchev–Trinajstić information content (AvgIpc) is 3.54. The molecule has 2 aromatic rings. The molecule has 7 heteroatoms. The summed E-state index contributed by atoms with van der Waals surface area (Å²) in [6, 6.07) is 15.8. The van der Waals surface area contributed by atoms with Crippen LogP contribution in [0.1, 0.15) is 80.1 Å². The van der Waals surface area contributed by atoms with Gasteiger partial charge in [0.2, 0.25) is 11.8 Å². The zero-order valence-electron chi connectivity index (χ0n) is 23.2. The average molecular weight is 531 g/mol. The molecule has 3 fully saturated rings. The molecule has 1 atom stereocenters. The van der Waals surface area contributed by atoms with Crippen molar-refractivity contribution < 1.29 is 14.4 Å². The van der Waals surface area contributed by atoms with Gasteiger partial charge in [-0.25, -0.2) is 0 Å². The first-order chi connectivity index (χ1) is 19.0. The molecule has 1 saturated carbocycles. The van der Waals surface area contributed by atoms with Gasteiger partial charge in [-0.05, 0) is 62.3 Å². The zero-order valence-corrected chi connectivity index (χ0v) is 23.2. The largest absolute Gasteiger partial charge is 0.367 e. The number of carbonyl (C=O) groups excluding carboxylic acids is 3. The molecule has 1 unspecified atom stereocenters. The van der Waals surface area contributed by atoms with Crippen molar-refractivity contribution in [3.05, 3.63) is 59.7 Å². The van der Waals surface area contributed by atoms with Crippen LogP contribution in [0.2, 0.25) is 0 Å². The fourth-order valence-electron chi connectivity index (χ4n) is 6.39. The number of piperazine rings is 1. The number of benzene rings is 2. The molecule has 7 nitrogen and oxygen atoms in total. The van der Waals surface area contributed by atoms with Gasteiger partial charge < -0.3 is 20.0 Å². The standard InChI is InChI=1S/C32H42N4O3/c1-2-27(24-11-5-3-6-12-24)31(38)36-21-19-34(20-22-36)29-16-15-26(33-30(37)25-13-7-8-14-25)23-28(29)32(39)35-17-9-4-10-18-35/h3,5-6,11-12,15-16,23,25,27H,2,4,7-10,13-14,17-22H2,1H3,(H,33,37). The van der Waals surface area contributed by atoms with Crippen molar-refractivity contribution in [2.24, 2.45) is 5.92 Å². The summed E-state index contributed by atoms with van der Waals surface area (Å²) in [5.41, 5.74) is 3.30. The van der Waals surface area contributed by atoms with Crippen LogP contribution in [-0.4, -0.2) is 66.8 Å².